The van der Waals surface area contributed by atoms with Gasteiger partial charge < -0.3 is 0 Å². The Labute approximate surface area is 126 Å². The lowest BCUT2D eigenvalue weighted by Gasteiger charge is -2.37. The molecule has 4 nitrogen and oxygen atoms in total. The largest absolute Gasteiger partial charge is 0.274 e. The van der Waals surface area contributed by atoms with Crippen LogP contribution in [0.1, 0.15) is 6.42 Å². The highest BCUT2D eigenvalue weighted by atomic mass is 35.5. The van der Waals surface area contributed by atoms with Crippen molar-refractivity contribution >= 4 is 29.2 Å². The van der Waals surface area contributed by atoms with E-state index in [1.54, 1.807) is 12.1 Å². The number of imide groups is 1. The van der Waals surface area contributed by atoms with Gasteiger partial charge >= 0.3 is 0 Å². The molecule has 3 fully saturated rings. The van der Waals surface area contributed by atoms with Crippen molar-refractivity contribution in [2.45, 2.75) is 6.42 Å². The molecule has 1 aliphatic heterocycles. The minimum Gasteiger partial charge on any atom is -0.274 e. The van der Waals surface area contributed by atoms with Gasteiger partial charge in [-0.05, 0) is 36.2 Å². The molecule has 6 atom stereocenters. The molecule has 106 valence electrons. The highest BCUT2D eigenvalue weighted by molar-refractivity contribution is 6.31. The minimum atomic E-state index is -0.183. The fourth-order valence-electron chi connectivity index (χ4n) is 4.70. The first kappa shape index (κ1) is 11.9. The van der Waals surface area contributed by atoms with Crippen LogP contribution in [0.3, 0.4) is 0 Å². The normalized spacial score (nSPS) is 42.2. The second kappa shape index (κ2) is 3.74. The molecule has 0 N–H and O–H groups in total. The van der Waals surface area contributed by atoms with E-state index in [9.17, 15) is 9.59 Å². The Morgan fingerprint density at radius 1 is 1.10 bits per heavy atom. The Balaban J connectivity index is 1.60. The van der Waals surface area contributed by atoms with E-state index in [2.05, 4.69) is 17.1 Å². The molecule has 0 radical (unpaired) electrons. The molecule has 1 aromatic heterocycles. The van der Waals surface area contributed by atoms with Crippen LogP contribution in [-0.4, -0.2) is 16.8 Å². The number of halogens is 1. The van der Waals surface area contributed by atoms with Crippen molar-refractivity contribution in [2.24, 2.45) is 35.5 Å². The minimum absolute atomic E-state index is 0.0931. The summed E-state index contributed by atoms with van der Waals surface area (Å²) in [7, 11) is 0. The van der Waals surface area contributed by atoms with Gasteiger partial charge in [0.15, 0.2) is 0 Å². The van der Waals surface area contributed by atoms with Crippen LogP contribution in [-0.2, 0) is 9.59 Å². The third kappa shape index (κ3) is 1.39. The summed E-state index contributed by atoms with van der Waals surface area (Å²) in [6.45, 7) is 0. The van der Waals surface area contributed by atoms with Crippen LogP contribution >= 0.6 is 11.6 Å². The molecule has 2 amide bonds. The van der Waals surface area contributed by atoms with Crippen LogP contribution in [0.4, 0.5) is 5.82 Å². The van der Waals surface area contributed by atoms with E-state index >= 15 is 0 Å². The quantitative estimate of drug-likeness (QED) is 0.590. The standard InChI is InChI=1S/C16H13ClN2O2/c17-7-3-4-18-12(5-7)19-15(20)13-8-1-2-9(11-6-10(8)11)14(13)16(19)21/h1-5,8-11,13-14H,6H2/t8-,9+,10-,11-,13+,14+/m1/s1. The number of hydrogen-bond donors (Lipinski definition) is 0. The molecule has 0 aromatic carbocycles. The maximum atomic E-state index is 12.8. The number of carbonyl (C=O) groups is 2. The lowest BCUT2D eigenvalue weighted by atomic mass is 9.63. The van der Waals surface area contributed by atoms with E-state index < -0.39 is 0 Å². The Morgan fingerprint density at radius 3 is 2.29 bits per heavy atom. The predicted octanol–water partition coefficient (Wildman–Crippen LogP) is 2.29. The molecule has 2 heterocycles. The molecular formula is C16H13ClN2O2. The topological polar surface area (TPSA) is 50.3 Å². The van der Waals surface area contributed by atoms with Gasteiger partial charge in [0.1, 0.15) is 5.82 Å². The number of rotatable bonds is 1. The monoisotopic (exact) mass is 300 g/mol. The summed E-state index contributed by atoms with van der Waals surface area (Å²) in [5, 5.41) is 0.486. The van der Waals surface area contributed by atoms with Crippen LogP contribution in [0.2, 0.25) is 5.02 Å². The van der Waals surface area contributed by atoms with E-state index in [0.717, 1.165) is 0 Å². The maximum absolute atomic E-state index is 12.8. The number of pyridine rings is 1. The summed E-state index contributed by atoms with van der Waals surface area (Å²) in [5.74, 6) is 1.52. The second-order valence-electron chi connectivity index (χ2n) is 6.50. The fourth-order valence-corrected chi connectivity index (χ4v) is 4.85. The van der Waals surface area contributed by atoms with Crippen molar-refractivity contribution < 1.29 is 9.59 Å². The van der Waals surface area contributed by atoms with E-state index in [4.69, 9.17) is 11.6 Å². The molecule has 21 heavy (non-hydrogen) atoms. The molecule has 0 spiro atoms. The van der Waals surface area contributed by atoms with E-state index in [1.165, 1.54) is 17.5 Å². The van der Waals surface area contributed by atoms with Crippen molar-refractivity contribution in [2.75, 3.05) is 4.90 Å². The number of allylic oxidation sites excluding steroid dienone is 2. The molecule has 1 aromatic rings. The van der Waals surface area contributed by atoms with Crippen LogP contribution in [0.5, 0.6) is 0 Å². The van der Waals surface area contributed by atoms with Gasteiger partial charge in [-0.25, -0.2) is 9.88 Å². The zero-order valence-corrected chi connectivity index (χ0v) is 11.9. The zero-order valence-electron chi connectivity index (χ0n) is 11.1. The summed E-state index contributed by atoms with van der Waals surface area (Å²) in [4.78, 5) is 31.0. The number of anilines is 1. The van der Waals surface area contributed by atoms with Crippen LogP contribution in [0.15, 0.2) is 30.5 Å². The van der Waals surface area contributed by atoms with Crippen molar-refractivity contribution in [3.8, 4) is 0 Å². The highest BCUT2D eigenvalue weighted by Crippen LogP contribution is 2.65. The van der Waals surface area contributed by atoms with Crippen molar-refractivity contribution in [3.05, 3.63) is 35.5 Å². The third-order valence-electron chi connectivity index (χ3n) is 5.60. The van der Waals surface area contributed by atoms with Gasteiger partial charge in [-0.2, -0.15) is 0 Å². The molecule has 5 heteroatoms. The average Bonchev–Trinajstić information content (AvgIpc) is 3.24. The number of amides is 2. The van der Waals surface area contributed by atoms with Gasteiger partial charge in [-0.3, -0.25) is 9.59 Å². The molecule has 2 bridgehead atoms. The first-order chi connectivity index (χ1) is 10.2. The first-order valence-corrected chi connectivity index (χ1v) is 7.72. The lowest BCUT2D eigenvalue weighted by Crippen LogP contribution is -2.40. The van der Waals surface area contributed by atoms with Gasteiger partial charge in [0.25, 0.3) is 0 Å². The van der Waals surface area contributed by atoms with Crippen LogP contribution in [0, 0.1) is 35.5 Å². The molecule has 6 rings (SSSR count). The second-order valence-corrected chi connectivity index (χ2v) is 6.94. The summed E-state index contributed by atoms with van der Waals surface area (Å²) >= 11 is 5.97. The maximum Gasteiger partial charge on any atom is 0.239 e. The SMILES string of the molecule is O=C1[C@H]2[C@@H]3C=C[C@@H]([C@H]4C[C@H]34)[C@@H]2C(=O)N1c1cc(Cl)ccn1. The Morgan fingerprint density at radius 2 is 1.71 bits per heavy atom. The van der Waals surface area contributed by atoms with Crippen molar-refractivity contribution in [1.29, 1.82) is 0 Å². The first-order valence-electron chi connectivity index (χ1n) is 7.34. The average molecular weight is 301 g/mol. The molecule has 1 saturated heterocycles. The summed E-state index contributed by atoms with van der Waals surface area (Å²) in [6, 6.07) is 3.23. The van der Waals surface area contributed by atoms with Crippen LogP contribution < -0.4 is 4.90 Å². The molecule has 0 unspecified atom stereocenters. The zero-order chi connectivity index (χ0) is 14.3. The number of hydrogen-bond acceptors (Lipinski definition) is 3. The molecular weight excluding hydrogens is 288 g/mol. The van der Waals surface area contributed by atoms with Crippen LogP contribution in [0.25, 0.3) is 0 Å². The van der Waals surface area contributed by atoms with Gasteiger partial charge in [-0.1, -0.05) is 23.8 Å². The number of nitrogens with zero attached hydrogens (tertiary/aromatic N) is 2. The van der Waals surface area contributed by atoms with Gasteiger partial charge in [0.2, 0.25) is 11.8 Å². The third-order valence-corrected chi connectivity index (χ3v) is 5.83. The highest BCUT2D eigenvalue weighted by Gasteiger charge is 2.67. The number of carbonyl (C=O) groups excluding carboxylic acids is 2. The Kier molecular flexibility index (Phi) is 2.12. The smallest absolute Gasteiger partial charge is 0.239 e. The molecule has 5 aliphatic rings. The van der Waals surface area contributed by atoms with E-state index in [0.29, 0.717) is 22.7 Å². The van der Waals surface area contributed by atoms with E-state index in [-0.39, 0.29) is 35.5 Å². The fraction of sp³-hybridized carbons (Fsp3) is 0.438. The lowest BCUT2D eigenvalue weighted by molar-refractivity contribution is -0.124. The van der Waals surface area contributed by atoms with Gasteiger partial charge in [-0.15, -0.1) is 0 Å². The Bertz CT molecular complexity index is 680. The van der Waals surface area contributed by atoms with Crippen molar-refractivity contribution in [3.63, 3.8) is 0 Å². The predicted molar refractivity (Wildman–Crippen MR) is 76.4 cm³/mol. The summed E-state index contributed by atoms with van der Waals surface area (Å²) in [5.41, 5.74) is 0. The molecule has 2 saturated carbocycles. The number of aromatic nitrogens is 1. The van der Waals surface area contributed by atoms with E-state index in [1.807, 2.05) is 0 Å². The van der Waals surface area contributed by atoms with Gasteiger partial charge in [0.05, 0.1) is 11.8 Å². The van der Waals surface area contributed by atoms with Crippen molar-refractivity contribution in [1.82, 2.24) is 4.98 Å². The molecule has 4 aliphatic carbocycles. The van der Waals surface area contributed by atoms with Gasteiger partial charge in [0, 0.05) is 17.3 Å². The summed E-state index contributed by atoms with van der Waals surface area (Å²) < 4.78 is 0. The summed E-state index contributed by atoms with van der Waals surface area (Å²) in [6.07, 6.45) is 7.04. The Hall–Kier alpha value is -1.68.